The van der Waals surface area contributed by atoms with Gasteiger partial charge in [-0.2, -0.15) is 5.10 Å². The molecule has 49 heavy (non-hydrogen) atoms. The monoisotopic (exact) mass is 695 g/mol. The number of aromatic nitrogens is 3. The van der Waals surface area contributed by atoms with Gasteiger partial charge in [-0.1, -0.05) is 44.5 Å². The fourth-order valence-corrected chi connectivity index (χ4v) is 9.28. The van der Waals surface area contributed by atoms with Gasteiger partial charge in [0.15, 0.2) is 0 Å². The van der Waals surface area contributed by atoms with E-state index in [1.165, 1.54) is 17.2 Å². The van der Waals surface area contributed by atoms with Crippen molar-refractivity contribution in [3.8, 4) is 0 Å². The lowest BCUT2D eigenvalue weighted by atomic mass is 9.69. The molecule has 6 rings (SSSR count). The number of likely N-dealkylation sites (tertiary alicyclic amines) is 1. The second-order valence-electron chi connectivity index (χ2n) is 15.6. The van der Waals surface area contributed by atoms with Crippen LogP contribution in [-0.2, 0) is 33.8 Å². The third-order valence-electron chi connectivity index (χ3n) is 12.2. The van der Waals surface area contributed by atoms with Gasteiger partial charge in [0.05, 0.1) is 0 Å². The Morgan fingerprint density at radius 3 is 2.53 bits per heavy atom. The SMILES string of the molecule is Cc1cc2c(cc1Cl)C1(CCN(C(=O)[C@@H](C)C[C@@H](CCc3ccc(F)cc3F)N(C)C3CCOCC3)CC1)C[C@@H]2C(C)(C)c1ncnn1C. The maximum atomic E-state index is 14.6. The van der Waals surface area contributed by atoms with Crippen LogP contribution in [-0.4, -0.2) is 75.9 Å². The van der Waals surface area contributed by atoms with Gasteiger partial charge in [0.25, 0.3) is 0 Å². The molecule has 1 spiro atoms. The van der Waals surface area contributed by atoms with E-state index in [2.05, 4.69) is 59.8 Å². The highest BCUT2D eigenvalue weighted by Crippen LogP contribution is 2.58. The first kappa shape index (κ1) is 35.9. The van der Waals surface area contributed by atoms with Gasteiger partial charge in [-0.25, -0.2) is 13.8 Å². The molecule has 266 valence electrons. The number of carbonyl (C=O) groups is 1. The van der Waals surface area contributed by atoms with Crippen molar-refractivity contribution in [2.45, 2.75) is 108 Å². The summed E-state index contributed by atoms with van der Waals surface area (Å²) in [6, 6.07) is 8.73. The molecule has 0 N–H and O–H groups in total. The first-order valence-electron chi connectivity index (χ1n) is 18.0. The molecule has 1 aliphatic carbocycles. The standard InChI is InChI=1S/C39H52ClF2N5O2/c1-25-20-31-32(22-34(25)40)39(23-33(31)38(3,4)37-43-24-44-46(37)6)13-15-47(16-14-39)36(48)26(2)19-30(45(5)29-11-17-49-18-12-29)10-8-27-7-9-28(41)21-35(27)42/h7,9,20-22,24,26,29-30,33H,8,10-19,23H2,1-6H3/t26-,30+,33-/m0/s1. The second kappa shape index (κ2) is 14.4. The minimum atomic E-state index is -0.566. The molecule has 0 saturated carbocycles. The van der Waals surface area contributed by atoms with Gasteiger partial charge in [0.2, 0.25) is 5.91 Å². The number of hydrogen-bond acceptors (Lipinski definition) is 5. The first-order chi connectivity index (χ1) is 23.3. The van der Waals surface area contributed by atoms with Crippen molar-refractivity contribution in [2.75, 3.05) is 33.4 Å². The van der Waals surface area contributed by atoms with Gasteiger partial charge in [0.1, 0.15) is 23.8 Å². The van der Waals surface area contributed by atoms with Crippen LogP contribution in [0.25, 0.3) is 0 Å². The molecule has 7 nitrogen and oxygen atoms in total. The zero-order valence-electron chi connectivity index (χ0n) is 29.9. The summed E-state index contributed by atoms with van der Waals surface area (Å²) in [5.74, 6) is 0.140. The topological polar surface area (TPSA) is 63.5 Å². The Bertz CT molecular complexity index is 1650. The summed E-state index contributed by atoms with van der Waals surface area (Å²) >= 11 is 6.77. The molecule has 0 bridgehead atoms. The van der Waals surface area contributed by atoms with Crippen molar-refractivity contribution in [2.24, 2.45) is 13.0 Å². The van der Waals surface area contributed by atoms with Crippen LogP contribution in [0.4, 0.5) is 8.78 Å². The lowest BCUT2D eigenvalue weighted by Gasteiger charge is -2.43. The van der Waals surface area contributed by atoms with Crippen LogP contribution in [0.1, 0.15) is 99.7 Å². The molecular weight excluding hydrogens is 644 g/mol. The van der Waals surface area contributed by atoms with Crippen molar-refractivity contribution in [3.63, 3.8) is 0 Å². The second-order valence-corrected chi connectivity index (χ2v) is 16.0. The minimum Gasteiger partial charge on any atom is -0.381 e. The Kier molecular flexibility index (Phi) is 10.6. The number of rotatable bonds is 10. The van der Waals surface area contributed by atoms with Crippen LogP contribution >= 0.6 is 11.6 Å². The Labute approximate surface area is 295 Å². The van der Waals surface area contributed by atoms with Crippen LogP contribution in [0.5, 0.6) is 0 Å². The van der Waals surface area contributed by atoms with E-state index < -0.39 is 11.6 Å². The molecule has 0 unspecified atom stereocenters. The van der Waals surface area contributed by atoms with E-state index in [0.29, 0.717) is 44.0 Å². The highest BCUT2D eigenvalue weighted by Gasteiger charge is 2.52. The number of carbonyl (C=O) groups excluding carboxylic acids is 1. The molecule has 1 aromatic heterocycles. The van der Waals surface area contributed by atoms with Gasteiger partial charge in [-0.3, -0.25) is 9.48 Å². The smallest absolute Gasteiger partial charge is 0.225 e. The van der Waals surface area contributed by atoms with E-state index in [0.717, 1.165) is 67.8 Å². The summed E-state index contributed by atoms with van der Waals surface area (Å²) < 4.78 is 35.7. The zero-order valence-corrected chi connectivity index (χ0v) is 30.7. The molecule has 3 aromatic rings. The molecule has 2 saturated heterocycles. The van der Waals surface area contributed by atoms with E-state index in [-0.39, 0.29) is 34.6 Å². The lowest BCUT2D eigenvalue weighted by molar-refractivity contribution is -0.137. The molecular formula is C39H52ClF2N5O2. The zero-order chi connectivity index (χ0) is 35.1. The maximum Gasteiger partial charge on any atom is 0.225 e. The van der Waals surface area contributed by atoms with Crippen LogP contribution in [0.15, 0.2) is 36.7 Å². The minimum absolute atomic E-state index is 0.0573. The third kappa shape index (κ3) is 7.18. The molecule has 1 amide bonds. The van der Waals surface area contributed by atoms with Crippen molar-refractivity contribution >= 4 is 17.5 Å². The van der Waals surface area contributed by atoms with Gasteiger partial charge in [0, 0.05) is 67.9 Å². The summed E-state index contributed by atoms with van der Waals surface area (Å²) in [5.41, 5.74) is 3.97. The van der Waals surface area contributed by atoms with Gasteiger partial charge < -0.3 is 14.5 Å². The molecule has 2 aliphatic heterocycles. The highest BCUT2D eigenvalue weighted by molar-refractivity contribution is 6.31. The number of piperidine rings is 1. The van der Waals surface area contributed by atoms with E-state index in [1.54, 1.807) is 12.4 Å². The van der Waals surface area contributed by atoms with Crippen LogP contribution < -0.4 is 0 Å². The average molecular weight is 696 g/mol. The summed E-state index contributed by atoms with van der Waals surface area (Å²) in [6.45, 7) is 11.5. The predicted molar refractivity (Wildman–Crippen MR) is 189 cm³/mol. The summed E-state index contributed by atoms with van der Waals surface area (Å²) in [6.07, 6.45) is 8.13. The lowest BCUT2D eigenvalue weighted by Crippen LogP contribution is -2.48. The van der Waals surface area contributed by atoms with E-state index in [4.69, 9.17) is 16.3 Å². The number of halogens is 3. The quantitative estimate of drug-likeness (QED) is 0.220. The van der Waals surface area contributed by atoms with E-state index in [1.807, 2.05) is 18.7 Å². The third-order valence-corrected chi connectivity index (χ3v) is 12.6. The van der Waals surface area contributed by atoms with E-state index >= 15 is 0 Å². The van der Waals surface area contributed by atoms with Crippen molar-refractivity contribution < 1.29 is 18.3 Å². The molecule has 0 radical (unpaired) electrons. The van der Waals surface area contributed by atoms with E-state index in [9.17, 15) is 13.6 Å². The van der Waals surface area contributed by atoms with Gasteiger partial charge in [-0.15, -0.1) is 0 Å². The van der Waals surface area contributed by atoms with Gasteiger partial charge >= 0.3 is 0 Å². The molecule has 2 aromatic carbocycles. The van der Waals surface area contributed by atoms with Crippen LogP contribution in [0, 0.1) is 24.5 Å². The highest BCUT2D eigenvalue weighted by atomic mass is 35.5. The van der Waals surface area contributed by atoms with Crippen molar-refractivity contribution in [1.82, 2.24) is 24.6 Å². The van der Waals surface area contributed by atoms with Crippen molar-refractivity contribution in [1.29, 1.82) is 0 Å². The number of amides is 1. The fraction of sp³-hybridized carbons (Fsp3) is 0.615. The summed E-state index contributed by atoms with van der Waals surface area (Å²) in [7, 11) is 4.09. The number of benzene rings is 2. The van der Waals surface area contributed by atoms with Crippen LogP contribution in [0.3, 0.4) is 0 Å². The Morgan fingerprint density at radius 2 is 1.88 bits per heavy atom. The fourth-order valence-electron chi connectivity index (χ4n) is 9.12. The Balaban J connectivity index is 1.16. The van der Waals surface area contributed by atoms with Gasteiger partial charge in [-0.05, 0) is 111 Å². The number of nitrogens with zero attached hydrogens (tertiary/aromatic N) is 5. The largest absolute Gasteiger partial charge is 0.381 e. The average Bonchev–Trinajstić information content (AvgIpc) is 3.65. The number of ether oxygens (including phenoxy) is 1. The van der Waals surface area contributed by atoms with Crippen LogP contribution in [0.2, 0.25) is 5.02 Å². The summed E-state index contributed by atoms with van der Waals surface area (Å²) in [5, 5.41) is 5.18. The molecule has 3 atom stereocenters. The first-order valence-corrected chi connectivity index (χ1v) is 18.4. The molecule has 2 fully saturated rings. The number of fused-ring (bicyclic) bond motifs is 2. The number of hydrogen-bond donors (Lipinski definition) is 0. The predicted octanol–water partition coefficient (Wildman–Crippen LogP) is 7.52. The molecule has 3 aliphatic rings. The molecule has 3 heterocycles. The summed E-state index contributed by atoms with van der Waals surface area (Å²) in [4.78, 5) is 23.2. The maximum absolute atomic E-state index is 14.6. The van der Waals surface area contributed by atoms with Crippen molar-refractivity contribution in [3.05, 3.63) is 81.4 Å². The molecule has 10 heteroatoms. The normalized spacial score (nSPS) is 20.9. The number of aryl methyl sites for hydroxylation is 3. The Morgan fingerprint density at radius 1 is 1.16 bits per heavy atom. The Hall–Kier alpha value is -2.88.